The van der Waals surface area contributed by atoms with Gasteiger partial charge in [-0.25, -0.2) is 4.79 Å². The first kappa shape index (κ1) is 11.9. The summed E-state index contributed by atoms with van der Waals surface area (Å²) in [6.45, 7) is 0.237. The number of halogens is 1. The molecule has 17 heavy (non-hydrogen) atoms. The molecule has 90 valence electrons. The Bertz CT molecular complexity index is 435. The number of Topliss-reactive ketones (excluding diaryl/α,β-unsaturated/α-hetero) is 1. The van der Waals surface area contributed by atoms with Crippen LogP contribution in [0.25, 0.3) is 0 Å². The standard InChI is InChI=1S/C12H12ClNO3/c13-8-10(15)12(6-7-17-11(12)16)14-9-4-2-1-3-5-9/h1-5,14H,6-8H2. The third kappa shape index (κ3) is 2.13. The minimum Gasteiger partial charge on any atom is -0.463 e. The van der Waals surface area contributed by atoms with Gasteiger partial charge in [-0.3, -0.25) is 4.79 Å². The Morgan fingerprint density at radius 1 is 1.41 bits per heavy atom. The number of hydrogen-bond donors (Lipinski definition) is 1. The number of para-hydroxylation sites is 1. The van der Waals surface area contributed by atoms with Gasteiger partial charge in [0.15, 0.2) is 11.3 Å². The number of carbonyl (C=O) groups excluding carboxylic acids is 2. The van der Waals surface area contributed by atoms with Crippen molar-refractivity contribution >= 4 is 29.0 Å². The number of nitrogens with one attached hydrogen (secondary N) is 1. The van der Waals surface area contributed by atoms with Gasteiger partial charge >= 0.3 is 5.97 Å². The van der Waals surface area contributed by atoms with Gasteiger partial charge in [0.2, 0.25) is 0 Å². The fourth-order valence-electron chi connectivity index (χ4n) is 1.84. The summed E-state index contributed by atoms with van der Waals surface area (Å²) in [6, 6.07) is 9.07. The molecular weight excluding hydrogens is 242 g/mol. The van der Waals surface area contributed by atoms with E-state index in [1.807, 2.05) is 18.2 Å². The molecule has 2 rings (SSSR count). The van der Waals surface area contributed by atoms with Gasteiger partial charge < -0.3 is 10.1 Å². The fraction of sp³-hybridized carbons (Fsp3) is 0.333. The van der Waals surface area contributed by atoms with Crippen molar-refractivity contribution in [3.05, 3.63) is 30.3 Å². The lowest BCUT2D eigenvalue weighted by molar-refractivity contribution is -0.144. The van der Waals surface area contributed by atoms with Crippen LogP contribution in [0.5, 0.6) is 0 Å². The highest BCUT2D eigenvalue weighted by Gasteiger charge is 2.50. The van der Waals surface area contributed by atoms with Gasteiger partial charge in [-0.1, -0.05) is 18.2 Å². The summed E-state index contributed by atoms with van der Waals surface area (Å²) in [7, 11) is 0. The Morgan fingerprint density at radius 2 is 2.12 bits per heavy atom. The number of rotatable bonds is 4. The molecule has 0 aromatic heterocycles. The van der Waals surface area contributed by atoms with E-state index in [4.69, 9.17) is 16.3 Å². The summed E-state index contributed by atoms with van der Waals surface area (Å²) >= 11 is 5.56. The molecule has 0 bridgehead atoms. The number of esters is 1. The van der Waals surface area contributed by atoms with E-state index in [0.717, 1.165) is 0 Å². The molecule has 0 radical (unpaired) electrons. The van der Waals surface area contributed by atoms with Gasteiger partial charge in [-0.2, -0.15) is 0 Å². The van der Waals surface area contributed by atoms with E-state index in [9.17, 15) is 9.59 Å². The lowest BCUT2D eigenvalue weighted by Crippen LogP contribution is -2.51. The predicted octanol–water partition coefficient (Wildman–Crippen LogP) is 1.59. The van der Waals surface area contributed by atoms with Crippen molar-refractivity contribution in [2.45, 2.75) is 12.0 Å². The van der Waals surface area contributed by atoms with Crippen molar-refractivity contribution in [1.82, 2.24) is 0 Å². The van der Waals surface area contributed by atoms with Crippen LogP contribution in [0, 0.1) is 0 Å². The second-order valence-electron chi connectivity index (χ2n) is 3.84. The number of ketones is 1. The van der Waals surface area contributed by atoms with E-state index in [1.165, 1.54) is 0 Å². The monoisotopic (exact) mass is 253 g/mol. The highest BCUT2D eigenvalue weighted by molar-refractivity contribution is 6.32. The Morgan fingerprint density at radius 3 is 2.65 bits per heavy atom. The molecular formula is C12H12ClNO3. The molecule has 1 aromatic rings. The summed E-state index contributed by atoms with van der Waals surface area (Å²) in [5, 5.41) is 2.95. The van der Waals surface area contributed by atoms with Crippen LogP contribution in [0.15, 0.2) is 30.3 Å². The predicted molar refractivity (Wildman–Crippen MR) is 64.1 cm³/mol. The maximum absolute atomic E-state index is 11.9. The van der Waals surface area contributed by atoms with E-state index in [1.54, 1.807) is 12.1 Å². The molecule has 1 aliphatic rings. The smallest absolute Gasteiger partial charge is 0.339 e. The summed E-state index contributed by atoms with van der Waals surface area (Å²) in [4.78, 5) is 23.6. The highest BCUT2D eigenvalue weighted by atomic mass is 35.5. The minimum atomic E-state index is -1.32. The molecule has 4 nitrogen and oxygen atoms in total. The first-order chi connectivity index (χ1) is 8.19. The zero-order valence-electron chi connectivity index (χ0n) is 9.11. The van der Waals surface area contributed by atoms with Gasteiger partial charge in [0.05, 0.1) is 12.5 Å². The zero-order chi connectivity index (χ0) is 12.3. The van der Waals surface area contributed by atoms with Crippen molar-refractivity contribution in [3.63, 3.8) is 0 Å². The number of hydrogen-bond acceptors (Lipinski definition) is 4. The van der Waals surface area contributed by atoms with E-state index in [2.05, 4.69) is 5.32 Å². The summed E-state index contributed by atoms with van der Waals surface area (Å²) < 4.78 is 4.88. The molecule has 0 saturated carbocycles. The molecule has 0 amide bonds. The molecule has 1 atom stereocenters. The van der Waals surface area contributed by atoms with Crippen LogP contribution in [0.3, 0.4) is 0 Å². The normalized spacial score (nSPS) is 23.2. The molecule has 1 aliphatic heterocycles. The van der Waals surface area contributed by atoms with Crippen LogP contribution in [-0.2, 0) is 14.3 Å². The third-order valence-corrected chi connectivity index (χ3v) is 3.03. The van der Waals surface area contributed by atoms with Crippen molar-refractivity contribution in [2.75, 3.05) is 17.8 Å². The van der Waals surface area contributed by atoms with E-state index < -0.39 is 11.5 Å². The van der Waals surface area contributed by atoms with Crippen LogP contribution in [-0.4, -0.2) is 29.8 Å². The number of carbonyl (C=O) groups is 2. The van der Waals surface area contributed by atoms with Gasteiger partial charge in [0, 0.05) is 12.1 Å². The van der Waals surface area contributed by atoms with Crippen LogP contribution in [0.1, 0.15) is 6.42 Å². The molecule has 5 heteroatoms. The minimum absolute atomic E-state index is 0.213. The quantitative estimate of drug-likeness (QED) is 0.503. The maximum atomic E-state index is 11.9. The number of benzene rings is 1. The number of alkyl halides is 1. The summed E-state index contributed by atoms with van der Waals surface area (Å²) in [6.07, 6.45) is 0.312. The topological polar surface area (TPSA) is 55.4 Å². The van der Waals surface area contributed by atoms with Gasteiger partial charge in [0.1, 0.15) is 0 Å². The molecule has 1 unspecified atom stereocenters. The van der Waals surface area contributed by atoms with Crippen LogP contribution >= 0.6 is 11.6 Å². The van der Waals surface area contributed by atoms with Crippen molar-refractivity contribution in [2.24, 2.45) is 0 Å². The second-order valence-corrected chi connectivity index (χ2v) is 4.11. The lowest BCUT2D eigenvalue weighted by atomic mass is 9.92. The first-order valence-electron chi connectivity index (χ1n) is 5.29. The maximum Gasteiger partial charge on any atom is 0.339 e. The zero-order valence-corrected chi connectivity index (χ0v) is 9.87. The third-order valence-electron chi connectivity index (χ3n) is 2.79. The molecule has 1 saturated heterocycles. The molecule has 1 heterocycles. The van der Waals surface area contributed by atoms with Gasteiger partial charge in [-0.05, 0) is 12.1 Å². The molecule has 0 aliphatic carbocycles. The van der Waals surface area contributed by atoms with Crippen molar-refractivity contribution < 1.29 is 14.3 Å². The van der Waals surface area contributed by atoms with Crippen LogP contribution in [0.2, 0.25) is 0 Å². The first-order valence-corrected chi connectivity index (χ1v) is 5.82. The molecule has 1 aromatic carbocycles. The number of anilines is 1. The molecule has 0 spiro atoms. The van der Waals surface area contributed by atoms with Crippen LogP contribution in [0.4, 0.5) is 5.69 Å². The Labute approximate surface area is 104 Å². The summed E-state index contributed by atoms with van der Waals surface area (Å²) in [5.41, 5.74) is -0.617. The fourth-order valence-corrected chi connectivity index (χ4v) is 2.07. The molecule has 1 fully saturated rings. The SMILES string of the molecule is O=C(CCl)C1(Nc2ccccc2)CCOC1=O. The Hall–Kier alpha value is -1.55. The average Bonchev–Trinajstić information content (AvgIpc) is 2.72. The van der Waals surface area contributed by atoms with Crippen molar-refractivity contribution in [3.8, 4) is 0 Å². The largest absolute Gasteiger partial charge is 0.463 e. The Kier molecular flexibility index (Phi) is 3.33. The average molecular weight is 254 g/mol. The summed E-state index contributed by atoms with van der Waals surface area (Å²) in [5.74, 6) is -1.12. The van der Waals surface area contributed by atoms with E-state index >= 15 is 0 Å². The van der Waals surface area contributed by atoms with Crippen molar-refractivity contribution in [1.29, 1.82) is 0 Å². The van der Waals surface area contributed by atoms with E-state index in [0.29, 0.717) is 12.1 Å². The van der Waals surface area contributed by atoms with Gasteiger partial charge in [-0.15, -0.1) is 11.6 Å². The second kappa shape index (κ2) is 4.75. The number of ether oxygens (including phenoxy) is 1. The van der Waals surface area contributed by atoms with Gasteiger partial charge in [0.25, 0.3) is 0 Å². The highest BCUT2D eigenvalue weighted by Crippen LogP contribution is 2.27. The Balaban J connectivity index is 2.29. The molecule has 1 N–H and O–H groups in total. The lowest BCUT2D eigenvalue weighted by Gasteiger charge is -2.24. The van der Waals surface area contributed by atoms with E-state index in [-0.39, 0.29) is 18.3 Å². The number of cyclic esters (lactones) is 1. The van der Waals surface area contributed by atoms with Crippen LogP contribution < -0.4 is 5.32 Å².